The van der Waals surface area contributed by atoms with Crippen LogP contribution in [0.15, 0.2) is 30.3 Å². The zero-order valence-corrected chi connectivity index (χ0v) is 12.5. The lowest BCUT2D eigenvalue weighted by molar-refractivity contribution is -0.119. The quantitative estimate of drug-likeness (QED) is 0.588. The lowest BCUT2D eigenvalue weighted by Gasteiger charge is -2.38. The smallest absolute Gasteiger partial charge is 0.244 e. The number of rotatable bonds is 4. The molecule has 0 bridgehead atoms. The van der Waals surface area contributed by atoms with E-state index in [-0.39, 0.29) is 12.5 Å². The Balaban J connectivity index is 1.95. The number of aliphatic hydroxyl groups excluding tert-OH is 1. The maximum atomic E-state index is 12.1. The number of nitrogens with two attached hydrogens (primary N) is 1. The van der Waals surface area contributed by atoms with Crippen LogP contribution >= 0.6 is 0 Å². The molecule has 21 heavy (non-hydrogen) atoms. The van der Waals surface area contributed by atoms with Gasteiger partial charge in [0.25, 0.3) is 0 Å². The van der Waals surface area contributed by atoms with Crippen molar-refractivity contribution in [2.45, 2.75) is 38.1 Å². The van der Waals surface area contributed by atoms with Crippen LogP contribution in [0.4, 0.5) is 5.69 Å². The van der Waals surface area contributed by atoms with Crippen LogP contribution in [-0.4, -0.2) is 23.2 Å². The number of aliphatic hydroxyl groups is 1. The Labute approximate surface area is 126 Å². The summed E-state index contributed by atoms with van der Waals surface area (Å²) in [5, 5.41) is 12.6. The third-order valence-electron chi connectivity index (χ3n) is 4.29. The fraction of sp³-hybridized carbons (Fsp3) is 0.471. The van der Waals surface area contributed by atoms with Crippen molar-refractivity contribution >= 4 is 17.7 Å². The third kappa shape index (κ3) is 4.33. The number of nitrogen functional groups attached to an aromatic ring is 1. The van der Waals surface area contributed by atoms with E-state index >= 15 is 0 Å². The van der Waals surface area contributed by atoms with Gasteiger partial charge >= 0.3 is 0 Å². The molecule has 1 aliphatic rings. The maximum absolute atomic E-state index is 12.1. The molecule has 0 radical (unpaired) electrons. The van der Waals surface area contributed by atoms with E-state index in [0.717, 1.165) is 31.2 Å². The normalized spacial score (nSPS) is 25.9. The first-order valence-electron chi connectivity index (χ1n) is 7.50. The molecule has 2 rings (SSSR count). The Hall–Kier alpha value is -1.81. The molecule has 0 spiro atoms. The van der Waals surface area contributed by atoms with Crippen molar-refractivity contribution in [3.63, 3.8) is 0 Å². The average Bonchev–Trinajstić information content (AvgIpc) is 2.49. The Kier molecular flexibility index (Phi) is 5.02. The average molecular weight is 288 g/mol. The summed E-state index contributed by atoms with van der Waals surface area (Å²) in [5.74, 6) is 0.516. The van der Waals surface area contributed by atoms with Crippen LogP contribution < -0.4 is 11.1 Å². The van der Waals surface area contributed by atoms with E-state index in [1.807, 2.05) is 12.1 Å². The molecule has 4 N–H and O–H groups in total. The van der Waals surface area contributed by atoms with Crippen molar-refractivity contribution in [2.24, 2.45) is 5.92 Å². The number of carbonyl (C=O) groups excluding carboxylic acids is 1. The largest absolute Gasteiger partial charge is 0.399 e. The van der Waals surface area contributed by atoms with Crippen LogP contribution in [0, 0.1) is 5.92 Å². The van der Waals surface area contributed by atoms with Gasteiger partial charge in [-0.05, 0) is 55.4 Å². The number of anilines is 1. The first-order valence-corrected chi connectivity index (χ1v) is 7.50. The molecule has 0 aromatic heterocycles. The van der Waals surface area contributed by atoms with Gasteiger partial charge in [-0.1, -0.05) is 19.1 Å². The van der Waals surface area contributed by atoms with Gasteiger partial charge in [-0.2, -0.15) is 0 Å². The van der Waals surface area contributed by atoms with Crippen molar-refractivity contribution < 1.29 is 9.90 Å². The molecule has 1 amide bonds. The zero-order chi connectivity index (χ0) is 15.3. The number of hydrogen-bond donors (Lipinski definition) is 3. The molecule has 0 aliphatic heterocycles. The van der Waals surface area contributed by atoms with Crippen LogP contribution in [0.5, 0.6) is 0 Å². The third-order valence-corrected chi connectivity index (χ3v) is 4.29. The van der Waals surface area contributed by atoms with E-state index in [4.69, 9.17) is 5.73 Å². The molecule has 114 valence electrons. The maximum Gasteiger partial charge on any atom is 0.244 e. The van der Waals surface area contributed by atoms with Gasteiger partial charge in [0.1, 0.15) is 0 Å². The summed E-state index contributed by atoms with van der Waals surface area (Å²) in [6.07, 6.45) is 7.04. The van der Waals surface area contributed by atoms with Crippen LogP contribution in [0.3, 0.4) is 0 Å². The standard InChI is InChI=1S/C17H24N2O2/c1-13-8-10-17(12-20,11-9-13)19-16(21)7-4-14-2-5-15(18)6-3-14/h2-7,13,20H,8-12,18H2,1H3,(H,19,21)/b7-4+. The first-order chi connectivity index (χ1) is 10.0. The predicted molar refractivity (Wildman–Crippen MR) is 85.5 cm³/mol. The lowest BCUT2D eigenvalue weighted by Crippen LogP contribution is -2.52. The van der Waals surface area contributed by atoms with Gasteiger partial charge in [-0.25, -0.2) is 0 Å². The van der Waals surface area contributed by atoms with Crippen LogP contribution in [-0.2, 0) is 4.79 Å². The van der Waals surface area contributed by atoms with E-state index < -0.39 is 5.54 Å². The molecule has 1 aromatic carbocycles. The van der Waals surface area contributed by atoms with Crippen molar-refractivity contribution in [3.05, 3.63) is 35.9 Å². The van der Waals surface area contributed by atoms with Gasteiger partial charge in [-0.15, -0.1) is 0 Å². The summed E-state index contributed by atoms with van der Waals surface area (Å²) < 4.78 is 0. The van der Waals surface area contributed by atoms with E-state index in [0.29, 0.717) is 11.6 Å². The van der Waals surface area contributed by atoms with Gasteiger partial charge in [0.2, 0.25) is 5.91 Å². The minimum absolute atomic E-state index is 0.00116. The van der Waals surface area contributed by atoms with E-state index in [1.54, 1.807) is 18.2 Å². The predicted octanol–water partition coefficient (Wildman–Crippen LogP) is 2.34. The minimum atomic E-state index is -0.449. The monoisotopic (exact) mass is 288 g/mol. The molecule has 1 fully saturated rings. The topological polar surface area (TPSA) is 75.3 Å². The molecule has 1 aromatic rings. The van der Waals surface area contributed by atoms with E-state index in [2.05, 4.69) is 12.2 Å². The summed E-state index contributed by atoms with van der Waals surface area (Å²) in [7, 11) is 0. The highest BCUT2D eigenvalue weighted by Gasteiger charge is 2.34. The van der Waals surface area contributed by atoms with Gasteiger partial charge in [0, 0.05) is 11.8 Å². The Morgan fingerprint density at radius 3 is 2.57 bits per heavy atom. The number of amides is 1. The van der Waals surface area contributed by atoms with Crippen molar-refractivity contribution in [1.29, 1.82) is 0 Å². The Morgan fingerprint density at radius 2 is 2.00 bits per heavy atom. The Bertz CT molecular complexity index is 500. The fourth-order valence-corrected chi connectivity index (χ4v) is 2.72. The number of carbonyl (C=O) groups is 1. The number of nitrogens with one attached hydrogen (secondary N) is 1. The molecule has 4 heteroatoms. The molecule has 4 nitrogen and oxygen atoms in total. The second-order valence-electron chi connectivity index (χ2n) is 6.11. The molecule has 0 unspecified atom stereocenters. The Morgan fingerprint density at radius 1 is 1.38 bits per heavy atom. The van der Waals surface area contributed by atoms with Crippen LogP contribution in [0.2, 0.25) is 0 Å². The summed E-state index contributed by atoms with van der Waals surface area (Å²) >= 11 is 0. The summed E-state index contributed by atoms with van der Waals surface area (Å²) in [4.78, 5) is 12.1. The minimum Gasteiger partial charge on any atom is -0.399 e. The van der Waals surface area contributed by atoms with Crippen LogP contribution in [0.25, 0.3) is 6.08 Å². The van der Waals surface area contributed by atoms with Crippen molar-refractivity contribution in [2.75, 3.05) is 12.3 Å². The molecule has 0 saturated heterocycles. The lowest BCUT2D eigenvalue weighted by atomic mass is 9.77. The molecule has 1 saturated carbocycles. The number of benzene rings is 1. The highest BCUT2D eigenvalue weighted by Crippen LogP contribution is 2.31. The van der Waals surface area contributed by atoms with Crippen LogP contribution in [0.1, 0.15) is 38.2 Å². The molecule has 0 heterocycles. The fourth-order valence-electron chi connectivity index (χ4n) is 2.72. The summed E-state index contributed by atoms with van der Waals surface area (Å²) in [6.45, 7) is 2.21. The van der Waals surface area contributed by atoms with Crippen molar-refractivity contribution in [3.8, 4) is 0 Å². The molecular formula is C17H24N2O2. The van der Waals surface area contributed by atoms with Gasteiger partial charge in [0.15, 0.2) is 0 Å². The molecule has 0 atom stereocenters. The van der Waals surface area contributed by atoms with Gasteiger partial charge < -0.3 is 16.2 Å². The highest BCUT2D eigenvalue weighted by atomic mass is 16.3. The molecular weight excluding hydrogens is 264 g/mol. The molecule has 1 aliphatic carbocycles. The van der Waals surface area contributed by atoms with Crippen molar-refractivity contribution in [1.82, 2.24) is 5.32 Å². The SMILES string of the molecule is CC1CCC(CO)(NC(=O)/C=C/c2ccc(N)cc2)CC1. The second-order valence-corrected chi connectivity index (χ2v) is 6.11. The van der Waals surface area contributed by atoms with E-state index in [1.165, 1.54) is 6.08 Å². The summed E-state index contributed by atoms with van der Waals surface area (Å²) in [6, 6.07) is 7.33. The zero-order valence-electron chi connectivity index (χ0n) is 12.5. The second kappa shape index (κ2) is 6.76. The van der Waals surface area contributed by atoms with E-state index in [9.17, 15) is 9.90 Å². The summed E-state index contributed by atoms with van der Waals surface area (Å²) in [5.41, 5.74) is 6.80. The van der Waals surface area contributed by atoms with Gasteiger partial charge in [0.05, 0.1) is 12.1 Å². The first kappa shape index (κ1) is 15.6. The highest BCUT2D eigenvalue weighted by molar-refractivity contribution is 5.92. The van der Waals surface area contributed by atoms with Gasteiger partial charge in [-0.3, -0.25) is 4.79 Å². The number of hydrogen-bond acceptors (Lipinski definition) is 3.